The molecular weight excluding hydrogens is 280 g/mol. The molecule has 0 rings (SSSR count). The normalized spacial score (nSPS) is 16.8. The minimum absolute atomic E-state index is 0.00559. The number of azide groups is 1. The van der Waals surface area contributed by atoms with E-state index in [4.69, 9.17) is 10.3 Å². The van der Waals surface area contributed by atoms with Crippen LogP contribution in [0.25, 0.3) is 10.4 Å². The van der Waals surface area contributed by atoms with Gasteiger partial charge in [-0.1, -0.05) is 19.0 Å². The van der Waals surface area contributed by atoms with Crippen molar-refractivity contribution in [2.75, 3.05) is 26.5 Å². The van der Waals surface area contributed by atoms with Crippen molar-refractivity contribution in [2.24, 2.45) is 10.5 Å². The smallest absolute Gasteiger partial charge is 0.211 e. The van der Waals surface area contributed by atoms with Gasteiger partial charge in [-0.2, -0.15) is 4.31 Å². The van der Waals surface area contributed by atoms with Crippen LogP contribution in [-0.4, -0.2) is 51.3 Å². The zero-order chi connectivity index (χ0) is 16.0. The number of likely N-dealkylation sites (N-methyl/N-ethyl adjacent to an activating group) is 1. The predicted molar refractivity (Wildman–Crippen MR) is 79.9 cm³/mol. The molecule has 0 aromatic heterocycles. The van der Waals surface area contributed by atoms with Crippen LogP contribution in [0.5, 0.6) is 0 Å². The van der Waals surface area contributed by atoms with Crippen molar-refractivity contribution in [3.05, 3.63) is 10.4 Å². The zero-order valence-electron chi connectivity index (χ0n) is 13.2. The van der Waals surface area contributed by atoms with Crippen molar-refractivity contribution in [3.63, 3.8) is 0 Å². The van der Waals surface area contributed by atoms with E-state index in [-0.39, 0.29) is 25.3 Å². The van der Waals surface area contributed by atoms with Gasteiger partial charge >= 0.3 is 0 Å². The Hall–Kier alpha value is -0.820. The Morgan fingerprint density at radius 3 is 2.35 bits per heavy atom. The quantitative estimate of drug-likeness (QED) is 0.372. The molecular formula is C12H26N4O3S. The average Bonchev–Trinajstić information content (AvgIpc) is 2.34. The maximum absolute atomic E-state index is 11.8. The molecule has 118 valence electrons. The van der Waals surface area contributed by atoms with E-state index in [1.165, 1.54) is 17.6 Å². The summed E-state index contributed by atoms with van der Waals surface area (Å²) in [6.07, 6.45) is 1.85. The lowest BCUT2D eigenvalue weighted by molar-refractivity contribution is 0.00852. The average molecular weight is 306 g/mol. The molecule has 0 aromatic carbocycles. The van der Waals surface area contributed by atoms with E-state index < -0.39 is 15.4 Å². The Bertz CT molecular complexity index is 446. The van der Waals surface area contributed by atoms with Gasteiger partial charge in [-0.05, 0) is 31.2 Å². The molecule has 2 unspecified atom stereocenters. The molecule has 0 aliphatic carbocycles. The highest BCUT2D eigenvalue weighted by molar-refractivity contribution is 7.88. The number of rotatable bonds is 9. The van der Waals surface area contributed by atoms with Crippen LogP contribution in [0.2, 0.25) is 0 Å². The number of sulfonamides is 1. The SMILES string of the molecule is CCC(C)(CN=[N+]=[N-])C(COC(C)C)N(C)S(C)(=O)=O. The number of hydrogen-bond donors (Lipinski definition) is 0. The molecule has 0 heterocycles. The number of hydrogen-bond acceptors (Lipinski definition) is 4. The predicted octanol–water partition coefficient (Wildman–Crippen LogP) is 2.40. The van der Waals surface area contributed by atoms with Crippen LogP contribution in [0.1, 0.15) is 34.1 Å². The molecule has 7 nitrogen and oxygen atoms in total. The summed E-state index contributed by atoms with van der Waals surface area (Å²) in [6.45, 7) is 8.16. The molecule has 20 heavy (non-hydrogen) atoms. The van der Waals surface area contributed by atoms with Crippen LogP contribution >= 0.6 is 0 Å². The van der Waals surface area contributed by atoms with Crippen molar-refractivity contribution in [2.45, 2.75) is 46.3 Å². The molecule has 0 radical (unpaired) electrons. The van der Waals surface area contributed by atoms with Crippen LogP contribution in [0.4, 0.5) is 0 Å². The van der Waals surface area contributed by atoms with Gasteiger partial charge in [0.05, 0.1) is 25.0 Å². The van der Waals surface area contributed by atoms with Crippen molar-refractivity contribution >= 4 is 10.0 Å². The Balaban J connectivity index is 5.41. The molecule has 2 atom stereocenters. The van der Waals surface area contributed by atoms with Gasteiger partial charge in [0.1, 0.15) is 0 Å². The Kier molecular flexibility index (Phi) is 7.51. The molecule has 8 heteroatoms. The minimum atomic E-state index is -3.35. The fourth-order valence-electron chi connectivity index (χ4n) is 1.91. The molecule has 0 fully saturated rings. The van der Waals surface area contributed by atoms with Crippen LogP contribution in [-0.2, 0) is 14.8 Å². The van der Waals surface area contributed by atoms with E-state index in [9.17, 15) is 8.42 Å². The highest BCUT2D eigenvalue weighted by Crippen LogP contribution is 2.31. The lowest BCUT2D eigenvalue weighted by Crippen LogP contribution is -2.51. The Morgan fingerprint density at radius 2 is 2.00 bits per heavy atom. The Labute approximate surface area is 122 Å². The largest absolute Gasteiger partial charge is 0.377 e. The first-order chi connectivity index (χ1) is 9.08. The van der Waals surface area contributed by atoms with E-state index >= 15 is 0 Å². The van der Waals surface area contributed by atoms with Gasteiger partial charge in [0.2, 0.25) is 10.0 Å². The first-order valence-corrected chi connectivity index (χ1v) is 8.48. The molecule has 0 saturated heterocycles. The summed E-state index contributed by atoms with van der Waals surface area (Å²) in [5.74, 6) is 0. The van der Waals surface area contributed by atoms with Crippen LogP contribution in [0.3, 0.4) is 0 Å². The summed E-state index contributed by atoms with van der Waals surface area (Å²) in [6, 6.07) is -0.379. The highest BCUT2D eigenvalue weighted by Gasteiger charge is 2.38. The molecule has 0 aliphatic rings. The first kappa shape index (κ1) is 19.2. The number of nitrogens with zero attached hydrogens (tertiary/aromatic N) is 4. The minimum Gasteiger partial charge on any atom is -0.377 e. The molecule has 0 amide bonds. The van der Waals surface area contributed by atoms with Gasteiger partial charge < -0.3 is 4.74 Å². The summed E-state index contributed by atoms with van der Waals surface area (Å²) >= 11 is 0. The maximum Gasteiger partial charge on any atom is 0.211 e. The fourth-order valence-corrected chi connectivity index (χ4v) is 2.68. The van der Waals surface area contributed by atoms with E-state index in [1.54, 1.807) is 0 Å². The van der Waals surface area contributed by atoms with E-state index in [2.05, 4.69) is 10.0 Å². The summed E-state index contributed by atoms with van der Waals surface area (Å²) in [5, 5.41) is 3.63. The van der Waals surface area contributed by atoms with E-state index in [1.807, 2.05) is 27.7 Å². The molecule has 0 aliphatic heterocycles. The first-order valence-electron chi connectivity index (χ1n) is 6.64. The third kappa shape index (κ3) is 5.66. The monoisotopic (exact) mass is 306 g/mol. The maximum atomic E-state index is 11.8. The second-order valence-electron chi connectivity index (χ2n) is 5.57. The van der Waals surface area contributed by atoms with Crippen molar-refractivity contribution in [1.29, 1.82) is 0 Å². The second kappa shape index (κ2) is 7.83. The molecule has 0 spiro atoms. The van der Waals surface area contributed by atoms with Crippen molar-refractivity contribution < 1.29 is 13.2 Å². The summed E-state index contributed by atoms with van der Waals surface area (Å²) < 4.78 is 30.6. The van der Waals surface area contributed by atoms with Gasteiger partial charge in [0.15, 0.2) is 0 Å². The zero-order valence-corrected chi connectivity index (χ0v) is 14.0. The molecule has 0 saturated carbocycles. The van der Waals surface area contributed by atoms with Gasteiger partial charge in [-0.25, -0.2) is 8.42 Å². The lowest BCUT2D eigenvalue weighted by atomic mass is 9.80. The van der Waals surface area contributed by atoms with Crippen LogP contribution in [0.15, 0.2) is 5.11 Å². The van der Waals surface area contributed by atoms with Crippen LogP contribution in [0, 0.1) is 5.41 Å². The summed E-state index contributed by atoms with van der Waals surface area (Å²) in [5.41, 5.74) is 8.05. The van der Waals surface area contributed by atoms with Crippen LogP contribution < -0.4 is 0 Å². The van der Waals surface area contributed by atoms with Gasteiger partial charge in [-0.3, -0.25) is 0 Å². The third-order valence-corrected chi connectivity index (χ3v) is 4.96. The second-order valence-corrected chi connectivity index (χ2v) is 7.62. The van der Waals surface area contributed by atoms with Gasteiger partial charge in [0, 0.05) is 18.5 Å². The molecule has 0 N–H and O–H groups in total. The van der Waals surface area contributed by atoms with Gasteiger partial charge in [-0.15, -0.1) is 0 Å². The Morgan fingerprint density at radius 1 is 1.45 bits per heavy atom. The molecule has 0 bridgehead atoms. The van der Waals surface area contributed by atoms with Crippen molar-refractivity contribution in [3.8, 4) is 0 Å². The summed E-state index contributed by atoms with van der Waals surface area (Å²) in [4.78, 5) is 2.78. The van der Waals surface area contributed by atoms with Gasteiger partial charge in [0.25, 0.3) is 0 Å². The highest BCUT2D eigenvalue weighted by atomic mass is 32.2. The fraction of sp³-hybridized carbons (Fsp3) is 1.00. The summed E-state index contributed by atoms with van der Waals surface area (Å²) in [7, 11) is -1.81. The third-order valence-electron chi connectivity index (χ3n) is 3.66. The number of ether oxygens (including phenoxy) is 1. The van der Waals surface area contributed by atoms with E-state index in [0.717, 1.165) is 0 Å². The van der Waals surface area contributed by atoms with E-state index in [0.29, 0.717) is 6.42 Å². The molecule has 0 aromatic rings. The lowest BCUT2D eigenvalue weighted by Gasteiger charge is -2.40. The van der Waals surface area contributed by atoms with Crippen molar-refractivity contribution in [1.82, 2.24) is 4.31 Å². The standard InChI is InChI=1S/C12H26N4O3S/c1-7-12(4,9-14-15-13)11(8-19-10(2)3)16(5)20(6,17)18/h10-11H,7-9H2,1-6H3. The topological polar surface area (TPSA) is 95.4 Å².